The van der Waals surface area contributed by atoms with Gasteiger partial charge >= 0.3 is 5.84 Å². The number of aromatic nitrogens is 4. The summed E-state index contributed by atoms with van der Waals surface area (Å²) in [6, 6.07) is 3.72. The molecule has 0 aliphatic heterocycles. The van der Waals surface area contributed by atoms with E-state index in [1.807, 2.05) is 26.0 Å². The van der Waals surface area contributed by atoms with Crippen LogP contribution in [0.15, 0.2) is 28.9 Å². The first-order valence-corrected chi connectivity index (χ1v) is 7.41. The molecular weight excluding hydrogens is 294 g/mol. The lowest BCUT2D eigenvalue weighted by molar-refractivity contribution is -0.109. The topological polar surface area (TPSA) is 85.3 Å². The van der Waals surface area contributed by atoms with Gasteiger partial charge in [-0.3, -0.25) is 9.78 Å². The van der Waals surface area contributed by atoms with Gasteiger partial charge in [-0.15, -0.1) is 5.10 Å². The smallest absolute Gasteiger partial charge is 0.325 e. The second-order valence-corrected chi connectivity index (χ2v) is 5.42. The number of aryl methyl sites for hydroxylation is 2. The average Bonchev–Trinajstić information content (AvgIpc) is 3.07. The van der Waals surface area contributed by atoms with Crippen molar-refractivity contribution in [3.05, 3.63) is 47.4 Å². The van der Waals surface area contributed by atoms with E-state index in [2.05, 4.69) is 34.2 Å². The number of oxazole rings is 1. The highest BCUT2D eigenvalue weighted by Crippen LogP contribution is 2.16. The molecule has 0 aliphatic carbocycles. The van der Waals surface area contributed by atoms with Gasteiger partial charge in [0.05, 0.1) is 5.69 Å². The van der Waals surface area contributed by atoms with E-state index in [9.17, 15) is 4.79 Å². The molecule has 0 bridgehead atoms. The van der Waals surface area contributed by atoms with Crippen LogP contribution in [-0.4, -0.2) is 26.0 Å². The van der Waals surface area contributed by atoms with E-state index >= 15 is 0 Å². The molecule has 0 spiro atoms. The maximum Gasteiger partial charge on any atom is 0.325 e. The van der Waals surface area contributed by atoms with Crippen LogP contribution in [0.1, 0.15) is 42.6 Å². The number of fused-ring (bicyclic) bond motifs is 1. The van der Waals surface area contributed by atoms with E-state index < -0.39 is 0 Å². The zero-order chi connectivity index (χ0) is 16.8. The number of carbonyl (C=O) groups is 1. The first kappa shape index (κ1) is 16.7. The fourth-order valence-electron chi connectivity index (χ4n) is 1.86. The molecule has 3 heterocycles. The summed E-state index contributed by atoms with van der Waals surface area (Å²) in [5, 5.41) is 6.90. The van der Waals surface area contributed by atoms with E-state index in [0.29, 0.717) is 24.7 Å². The third-order valence-electron chi connectivity index (χ3n) is 3.32. The lowest BCUT2D eigenvalue weighted by atomic mass is 10.2. The van der Waals surface area contributed by atoms with Gasteiger partial charge in [0.25, 0.3) is 0 Å². The van der Waals surface area contributed by atoms with Crippen molar-refractivity contribution in [2.45, 2.75) is 40.2 Å². The summed E-state index contributed by atoms with van der Waals surface area (Å²) in [6.07, 6.45) is 4.07. The number of rotatable bonds is 4. The van der Waals surface area contributed by atoms with E-state index in [1.54, 1.807) is 16.9 Å². The first-order chi connectivity index (χ1) is 11.0. The molecule has 7 nitrogen and oxygen atoms in total. The number of pyridine rings is 1. The quantitative estimate of drug-likeness (QED) is 0.747. The number of amides is 1. The number of carbonyl (C=O) groups excluding carboxylic acids is 1. The van der Waals surface area contributed by atoms with Crippen molar-refractivity contribution < 1.29 is 9.21 Å². The van der Waals surface area contributed by atoms with Crippen LogP contribution in [0.3, 0.4) is 0 Å². The van der Waals surface area contributed by atoms with E-state index in [4.69, 9.17) is 4.42 Å². The molecule has 3 aromatic rings. The zero-order valence-corrected chi connectivity index (χ0v) is 13.8. The molecule has 0 aliphatic rings. The van der Waals surface area contributed by atoms with Crippen LogP contribution in [0.5, 0.6) is 0 Å². The Labute approximate surface area is 134 Å². The molecule has 1 amide bonds. The number of nitrogens with one attached hydrogen (secondary N) is 1. The Balaban J connectivity index is 0.000000174. The third-order valence-corrected chi connectivity index (χ3v) is 3.32. The lowest BCUT2D eigenvalue weighted by Gasteiger charge is -1.95. The molecule has 122 valence electrons. The van der Waals surface area contributed by atoms with Crippen molar-refractivity contribution in [2.75, 3.05) is 0 Å². The summed E-state index contributed by atoms with van der Waals surface area (Å²) in [6.45, 7) is 8.60. The average molecular weight is 315 g/mol. The molecule has 23 heavy (non-hydrogen) atoms. The van der Waals surface area contributed by atoms with Gasteiger partial charge in [-0.2, -0.15) is 9.50 Å². The molecule has 0 aromatic carbocycles. The summed E-state index contributed by atoms with van der Waals surface area (Å²) in [4.78, 5) is 18.0. The normalized spacial score (nSPS) is 10.5. The van der Waals surface area contributed by atoms with E-state index in [-0.39, 0.29) is 0 Å². The molecule has 0 unspecified atom stereocenters. The van der Waals surface area contributed by atoms with Crippen LogP contribution in [-0.2, 0) is 11.3 Å². The number of nitrogens with zero attached hydrogens (tertiary/aromatic N) is 4. The lowest BCUT2D eigenvalue weighted by Crippen LogP contribution is -2.09. The molecule has 0 atom stereocenters. The van der Waals surface area contributed by atoms with Crippen molar-refractivity contribution in [3.63, 3.8) is 0 Å². The van der Waals surface area contributed by atoms with Crippen LogP contribution in [0.4, 0.5) is 0 Å². The SMILES string of the molecule is Cc1oc2nc(C(C)C)nn2c1C.O=CNCc1ccncc1. The molecule has 0 fully saturated rings. The van der Waals surface area contributed by atoms with Gasteiger partial charge < -0.3 is 9.73 Å². The Kier molecular flexibility index (Phi) is 5.46. The molecule has 0 saturated carbocycles. The number of hydrogen-bond donors (Lipinski definition) is 1. The Morgan fingerprint density at radius 3 is 2.57 bits per heavy atom. The van der Waals surface area contributed by atoms with Gasteiger partial charge in [-0.1, -0.05) is 13.8 Å². The van der Waals surface area contributed by atoms with Crippen LogP contribution < -0.4 is 5.32 Å². The molecule has 0 radical (unpaired) electrons. The first-order valence-electron chi connectivity index (χ1n) is 7.41. The van der Waals surface area contributed by atoms with Crippen molar-refractivity contribution in [3.8, 4) is 0 Å². The van der Waals surface area contributed by atoms with Crippen molar-refractivity contribution in [1.82, 2.24) is 24.9 Å². The predicted octanol–water partition coefficient (Wildman–Crippen LogP) is 2.39. The van der Waals surface area contributed by atoms with Crippen molar-refractivity contribution >= 4 is 12.3 Å². The fraction of sp³-hybridized carbons (Fsp3) is 0.375. The van der Waals surface area contributed by atoms with Gasteiger partial charge in [0.1, 0.15) is 5.76 Å². The second kappa shape index (κ2) is 7.53. The molecule has 7 heteroatoms. The minimum Gasteiger partial charge on any atom is -0.427 e. The van der Waals surface area contributed by atoms with Crippen LogP contribution in [0, 0.1) is 13.8 Å². The summed E-state index contributed by atoms with van der Waals surface area (Å²) >= 11 is 0. The molecule has 3 aromatic heterocycles. The zero-order valence-electron chi connectivity index (χ0n) is 13.8. The van der Waals surface area contributed by atoms with E-state index in [1.165, 1.54) is 0 Å². The van der Waals surface area contributed by atoms with Crippen molar-refractivity contribution in [1.29, 1.82) is 0 Å². The van der Waals surface area contributed by atoms with Crippen LogP contribution in [0.2, 0.25) is 0 Å². The third kappa shape index (κ3) is 4.15. The largest absolute Gasteiger partial charge is 0.427 e. The summed E-state index contributed by atoms with van der Waals surface area (Å²) in [7, 11) is 0. The molecule has 0 saturated heterocycles. The summed E-state index contributed by atoms with van der Waals surface area (Å²) in [5.41, 5.74) is 2.08. The minimum absolute atomic E-state index is 0.342. The molecular formula is C16H21N5O2. The monoisotopic (exact) mass is 315 g/mol. The summed E-state index contributed by atoms with van der Waals surface area (Å²) < 4.78 is 7.17. The maximum atomic E-state index is 9.85. The van der Waals surface area contributed by atoms with Gasteiger partial charge in [0.15, 0.2) is 5.82 Å². The maximum absolute atomic E-state index is 9.85. The van der Waals surface area contributed by atoms with Crippen LogP contribution in [0.25, 0.3) is 5.84 Å². The van der Waals surface area contributed by atoms with Crippen LogP contribution >= 0.6 is 0 Å². The Morgan fingerprint density at radius 2 is 2.00 bits per heavy atom. The molecule has 3 rings (SSSR count). The highest BCUT2D eigenvalue weighted by atomic mass is 16.4. The minimum atomic E-state index is 0.342. The highest BCUT2D eigenvalue weighted by Gasteiger charge is 2.13. The van der Waals surface area contributed by atoms with E-state index in [0.717, 1.165) is 22.8 Å². The van der Waals surface area contributed by atoms with Gasteiger partial charge in [-0.05, 0) is 31.5 Å². The van der Waals surface area contributed by atoms with Gasteiger partial charge in [0, 0.05) is 24.9 Å². The van der Waals surface area contributed by atoms with Gasteiger partial charge in [0.2, 0.25) is 6.41 Å². The Bertz CT molecular complexity index is 761. The second-order valence-electron chi connectivity index (χ2n) is 5.42. The van der Waals surface area contributed by atoms with Crippen molar-refractivity contribution in [2.24, 2.45) is 0 Å². The Hall–Kier alpha value is -2.70. The highest BCUT2D eigenvalue weighted by molar-refractivity contribution is 5.46. The standard InChI is InChI=1S/C9H13N3O.C7H8N2O/c1-5(2)8-10-9-12(11-8)6(3)7(4)13-9;10-6-9-5-7-1-3-8-4-2-7/h5H,1-4H3;1-4,6H,5H2,(H,9,10). The molecule has 1 N–H and O–H groups in total. The summed E-state index contributed by atoms with van der Waals surface area (Å²) in [5.74, 6) is 2.65. The Morgan fingerprint density at radius 1 is 1.30 bits per heavy atom. The fourth-order valence-corrected chi connectivity index (χ4v) is 1.86. The van der Waals surface area contributed by atoms with Gasteiger partial charge in [-0.25, -0.2) is 0 Å². The number of hydrogen-bond acceptors (Lipinski definition) is 5. The predicted molar refractivity (Wildman–Crippen MR) is 86.0 cm³/mol.